The third kappa shape index (κ3) is 1.90. The predicted octanol–water partition coefficient (Wildman–Crippen LogP) is 0.485. The minimum atomic E-state index is -1.20. The second kappa shape index (κ2) is 4.17. The van der Waals surface area contributed by atoms with Crippen molar-refractivity contribution in [3.63, 3.8) is 0 Å². The molecule has 0 fully saturated rings. The van der Waals surface area contributed by atoms with Crippen molar-refractivity contribution in [1.29, 1.82) is 0 Å². The molecule has 16 heavy (non-hydrogen) atoms. The molecular formula is C11H10NO3S-. The Hall–Kier alpha value is -1.49. The van der Waals surface area contributed by atoms with Gasteiger partial charge in [0.1, 0.15) is 0 Å². The zero-order valence-corrected chi connectivity index (χ0v) is 9.41. The van der Waals surface area contributed by atoms with Crippen molar-refractivity contribution in [2.24, 2.45) is 5.92 Å². The van der Waals surface area contributed by atoms with E-state index >= 15 is 0 Å². The summed E-state index contributed by atoms with van der Waals surface area (Å²) in [4.78, 5) is 23.3. The summed E-state index contributed by atoms with van der Waals surface area (Å²) >= 11 is 1.27. The number of benzene rings is 1. The third-order valence-electron chi connectivity index (χ3n) is 2.48. The van der Waals surface area contributed by atoms with Crippen LogP contribution in [0.15, 0.2) is 29.2 Å². The van der Waals surface area contributed by atoms with Gasteiger partial charge in [-0.05, 0) is 12.1 Å². The van der Waals surface area contributed by atoms with Crippen LogP contribution in [0.3, 0.4) is 0 Å². The maximum absolute atomic E-state index is 11.7. The van der Waals surface area contributed by atoms with Gasteiger partial charge in [0.05, 0.1) is 10.9 Å². The Balaban J connectivity index is 2.28. The Bertz CT molecular complexity index is 447. The molecule has 1 aromatic carbocycles. The van der Waals surface area contributed by atoms with E-state index in [9.17, 15) is 14.7 Å². The van der Waals surface area contributed by atoms with Crippen molar-refractivity contribution in [3.8, 4) is 0 Å². The lowest BCUT2D eigenvalue weighted by molar-refractivity contribution is -0.310. The maximum Gasteiger partial charge on any atom is 0.238 e. The van der Waals surface area contributed by atoms with Crippen LogP contribution in [0.1, 0.15) is 6.92 Å². The summed E-state index contributed by atoms with van der Waals surface area (Å²) in [7, 11) is 0. The Morgan fingerprint density at radius 2 is 2.19 bits per heavy atom. The van der Waals surface area contributed by atoms with Crippen LogP contribution >= 0.6 is 11.8 Å². The number of hydrogen-bond donors (Lipinski definition) is 1. The maximum atomic E-state index is 11.7. The number of carboxylic acids is 1. The summed E-state index contributed by atoms with van der Waals surface area (Å²) in [5, 5.41) is 12.8. The number of aliphatic carboxylic acids is 1. The minimum absolute atomic E-state index is 0.277. The van der Waals surface area contributed by atoms with Crippen molar-refractivity contribution < 1.29 is 14.7 Å². The van der Waals surface area contributed by atoms with E-state index in [1.165, 1.54) is 18.7 Å². The van der Waals surface area contributed by atoms with Gasteiger partial charge in [-0.25, -0.2) is 0 Å². The molecule has 1 amide bonds. The van der Waals surface area contributed by atoms with E-state index in [-0.39, 0.29) is 5.91 Å². The first kappa shape index (κ1) is 11.0. The number of fused-ring (bicyclic) bond motifs is 1. The lowest BCUT2D eigenvalue weighted by atomic mass is 10.1. The van der Waals surface area contributed by atoms with Gasteiger partial charge in [0.15, 0.2) is 0 Å². The lowest BCUT2D eigenvalue weighted by Crippen LogP contribution is -2.42. The molecule has 0 saturated heterocycles. The predicted molar refractivity (Wildman–Crippen MR) is 58.9 cm³/mol. The summed E-state index contributed by atoms with van der Waals surface area (Å²) in [6.07, 6.45) is 0. The Kier molecular flexibility index (Phi) is 2.87. The normalized spacial score (nSPS) is 20.8. The molecule has 5 heteroatoms. The Labute approximate surface area is 97.0 Å². The largest absolute Gasteiger partial charge is 0.550 e. The van der Waals surface area contributed by atoms with Crippen LogP contribution in [0.25, 0.3) is 0 Å². The molecule has 0 aromatic heterocycles. The van der Waals surface area contributed by atoms with Gasteiger partial charge in [0.2, 0.25) is 5.91 Å². The van der Waals surface area contributed by atoms with E-state index in [0.717, 1.165) is 10.6 Å². The highest BCUT2D eigenvalue weighted by atomic mass is 32.2. The first-order valence-electron chi connectivity index (χ1n) is 4.87. The summed E-state index contributed by atoms with van der Waals surface area (Å²) in [6, 6.07) is 7.32. The van der Waals surface area contributed by atoms with Crippen molar-refractivity contribution in [1.82, 2.24) is 0 Å². The first-order chi connectivity index (χ1) is 7.59. The molecule has 2 rings (SSSR count). The molecule has 0 radical (unpaired) electrons. The van der Waals surface area contributed by atoms with Crippen LogP contribution in [0.4, 0.5) is 5.69 Å². The molecule has 1 aliphatic rings. The number of carbonyl (C=O) groups excluding carboxylic acids is 2. The van der Waals surface area contributed by atoms with E-state index in [1.54, 1.807) is 6.07 Å². The molecule has 0 saturated carbocycles. The molecule has 0 aliphatic carbocycles. The van der Waals surface area contributed by atoms with Crippen LogP contribution in [0, 0.1) is 5.92 Å². The smallest absolute Gasteiger partial charge is 0.238 e. The molecule has 84 valence electrons. The number of nitrogens with one attached hydrogen (secondary N) is 1. The Morgan fingerprint density at radius 3 is 2.88 bits per heavy atom. The number of para-hydroxylation sites is 1. The van der Waals surface area contributed by atoms with Crippen molar-refractivity contribution in [3.05, 3.63) is 24.3 Å². The van der Waals surface area contributed by atoms with Crippen molar-refractivity contribution >= 4 is 29.3 Å². The zero-order chi connectivity index (χ0) is 11.7. The summed E-state index contributed by atoms with van der Waals surface area (Å²) < 4.78 is 0. The summed E-state index contributed by atoms with van der Waals surface area (Å²) in [5.41, 5.74) is 0.735. The van der Waals surface area contributed by atoms with Crippen molar-refractivity contribution in [2.45, 2.75) is 17.1 Å². The van der Waals surface area contributed by atoms with E-state index in [2.05, 4.69) is 5.32 Å². The molecule has 2 atom stereocenters. The van der Waals surface area contributed by atoms with Gasteiger partial charge in [-0.15, -0.1) is 11.8 Å². The fraction of sp³-hybridized carbons (Fsp3) is 0.273. The molecule has 0 spiro atoms. The average molecular weight is 236 g/mol. The van der Waals surface area contributed by atoms with Gasteiger partial charge in [0.25, 0.3) is 0 Å². The fourth-order valence-electron chi connectivity index (χ4n) is 1.52. The number of anilines is 1. The van der Waals surface area contributed by atoms with Gasteiger partial charge in [-0.3, -0.25) is 4.79 Å². The monoisotopic (exact) mass is 236 g/mol. The zero-order valence-electron chi connectivity index (χ0n) is 8.60. The van der Waals surface area contributed by atoms with Gasteiger partial charge >= 0.3 is 0 Å². The highest BCUT2D eigenvalue weighted by Gasteiger charge is 2.31. The van der Waals surface area contributed by atoms with Gasteiger partial charge < -0.3 is 15.2 Å². The average Bonchev–Trinajstić information content (AvgIpc) is 2.27. The number of rotatable bonds is 2. The van der Waals surface area contributed by atoms with Gasteiger partial charge in [-0.2, -0.15) is 0 Å². The van der Waals surface area contributed by atoms with Crippen LogP contribution in [-0.4, -0.2) is 17.1 Å². The first-order valence-corrected chi connectivity index (χ1v) is 5.75. The van der Waals surface area contributed by atoms with E-state index in [0.29, 0.717) is 0 Å². The number of thioether (sulfide) groups is 1. The molecule has 1 aliphatic heterocycles. The molecule has 0 unspecified atom stereocenters. The fourth-order valence-corrected chi connectivity index (χ4v) is 2.68. The standard InChI is InChI=1S/C11H11NO3S/c1-6(11(14)15)9-10(13)12-7-4-2-3-5-8(7)16-9/h2-6,9H,1H3,(H,12,13)(H,14,15)/p-1/t6-,9+/m0/s1. The van der Waals surface area contributed by atoms with Crippen LogP contribution in [0.2, 0.25) is 0 Å². The SMILES string of the molecule is C[C@H](C(=O)[O-])[C@H]1Sc2ccccc2NC1=O. The molecule has 4 nitrogen and oxygen atoms in total. The third-order valence-corrected chi connectivity index (χ3v) is 3.97. The molecule has 1 heterocycles. The van der Waals surface area contributed by atoms with E-state index in [4.69, 9.17) is 0 Å². The number of amides is 1. The second-order valence-electron chi connectivity index (χ2n) is 3.63. The highest BCUT2D eigenvalue weighted by Crippen LogP contribution is 2.37. The second-order valence-corrected chi connectivity index (χ2v) is 4.81. The number of hydrogen-bond acceptors (Lipinski definition) is 4. The quantitative estimate of drug-likeness (QED) is 0.811. The van der Waals surface area contributed by atoms with Gasteiger partial charge in [0, 0.05) is 16.8 Å². The summed E-state index contributed by atoms with van der Waals surface area (Å²) in [6.45, 7) is 1.49. The molecule has 1 N–H and O–H groups in total. The van der Waals surface area contributed by atoms with Crippen LogP contribution in [0.5, 0.6) is 0 Å². The van der Waals surface area contributed by atoms with Crippen molar-refractivity contribution in [2.75, 3.05) is 5.32 Å². The van der Waals surface area contributed by atoms with Crippen LogP contribution in [-0.2, 0) is 9.59 Å². The molecule has 0 bridgehead atoms. The lowest BCUT2D eigenvalue weighted by Gasteiger charge is -2.28. The van der Waals surface area contributed by atoms with E-state index < -0.39 is 17.1 Å². The highest BCUT2D eigenvalue weighted by molar-refractivity contribution is 8.01. The van der Waals surface area contributed by atoms with Gasteiger partial charge in [-0.1, -0.05) is 19.1 Å². The van der Waals surface area contributed by atoms with Crippen LogP contribution < -0.4 is 10.4 Å². The minimum Gasteiger partial charge on any atom is -0.550 e. The molecule has 1 aromatic rings. The van der Waals surface area contributed by atoms with E-state index in [1.807, 2.05) is 18.2 Å². The number of carboxylic acid groups (broad SMARTS) is 1. The molecular weight excluding hydrogens is 226 g/mol. The topological polar surface area (TPSA) is 69.2 Å². The Morgan fingerprint density at radius 1 is 1.50 bits per heavy atom. The number of carbonyl (C=O) groups is 2. The summed E-state index contributed by atoms with van der Waals surface area (Å²) in [5.74, 6) is -2.29.